The van der Waals surface area contributed by atoms with Crippen LogP contribution in [0.2, 0.25) is 0 Å². The average Bonchev–Trinajstić information content (AvgIpc) is 2.22. The molecule has 0 aliphatic rings. The fourth-order valence-corrected chi connectivity index (χ4v) is 1.70. The number of thioether (sulfide) groups is 1. The van der Waals surface area contributed by atoms with Gasteiger partial charge in [0, 0.05) is 13.6 Å². The maximum atomic E-state index is 11.7. The molecule has 0 saturated heterocycles. The van der Waals surface area contributed by atoms with E-state index in [0.29, 0.717) is 18.7 Å². The standard InChI is InChI=1S/C11H20N2O3S/c1-8(2)7-13(3)11(16)12-9(10(14)15)5-6-17-4/h9H,1,5-7H2,2-4H3,(H,12,16)(H,14,15). The van der Waals surface area contributed by atoms with Crippen LogP contribution in [0.5, 0.6) is 0 Å². The number of likely N-dealkylation sites (N-methyl/N-ethyl adjacent to an activating group) is 1. The lowest BCUT2D eigenvalue weighted by Crippen LogP contribution is -2.47. The van der Waals surface area contributed by atoms with Crippen molar-refractivity contribution in [2.24, 2.45) is 0 Å². The van der Waals surface area contributed by atoms with Crippen LogP contribution in [0.4, 0.5) is 4.79 Å². The van der Waals surface area contributed by atoms with Crippen LogP contribution in [0.15, 0.2) is 12.2 Å². The third kappa shape index (κ3) is 6.88. The van der Waals surface area contributed by atoms with E-state index >= 15 is 0 Å². The van der Waals surface area contributed by atoms with Crippen molar-refractivity contribution >= 4 is 23.8 Å². The lowest BCUT2D eigenvalue weighted by atomic mass is 10.2. The topological polar surface area (TPSA) is 69.6 Å². The number of carboxylic acids is 1. The molecule has 0 fully saturated rings. The smallest absolute Gasteiger partial charge is 0.326 e. The molecule has 2 N–H and O–H groups in total. The zero-order valence-electron chi connectivity index (χ0n) is 10.5. The number of hydrogen-bond donors (Lipinski definition) is 2. The SMILES string of the molecule is C=C(C)CN(C)C(=O)NC(CCSC)C(=O)O. The monoisotopic (exact) mass is 260 g/mol. The lowest BCUT2D eigenvalue weighted by Gasteiger charge is -2.21. The summed E-state index contributed by atoms with van der Waals surface area (Å²) >= 11 is 1.55. The van der Waals surface area contributed by atoms with E-state index in [1.807, 2.05) is 13.2 Å². The van der Waals surface area contributed by atoms with Crippen molar-refractivity contribution in [2.75, 3.05) is 25.6 Å². The van der Waals surface area contributed by atoms with Crippen molar-refractivity contribution in [3.8, 4) is 0 Å². The molecule has 0 aromatic heterocycles. The highest BCUT2D eigenvalue weighted by molar-refractivity contribution is 7.98. The molecule has 0 bridgehead atoms. The van der Waals surface area contributed by atoms with Crippen LogP contribution in [0.25, 0.3) is 0 Å². The Morgan fingerprint density at radius 1 is 1.53 bits per heavy atom. The van der Waals surface area contributed by atoms with Crippen molar-refractivity contribution in [1.29, 1.82) is 0 Å². The predicted octanol–water partition coefficient (Wildman–Crippen LogP) is 1.41. The third-order valence-electron chi connectivity index (χ3n) is 2.06. The second-order valence-corrected chi connectivity index (χ2v) is 4.92. The molecule has 1 unspecified atom stereocenters. The minimum Gasteiger partial charge on any atom is -0.480 e. The second kappa shape index (κ2) is 8.00. The van der Waals surface area contributed by atoms with Crippen LogP contribution in [-0.2, 0) is 4.79 Å². The molecule has 0 rings (SSSR count). The predicted molar refractivity (Wildman–Crippen MR) is 70.4 cm³/mol. The molecule has 0 aromatic rings. The van der Waals surface area contributed by atoms with Gasteiger partial charge in [0.25, 0.3) is 0 Å². The van der Waals surface area contributed by atoms with Gasteiger partial charge in [0.05, 0.1) is 0 Å². The molecule has 1 atom stereocenters. The van der Waals surface area contributed by atoms with E-state index in [1.54, 1.807) is 18.8 Å². The van der Waals surface area contributed by atoms with Gasteiger partial charge in [-0.3, -0.25) is 0 Å². The van der Waals surface area contributed by atoms with E-state index in [-0.39, 0.29) is 6.03 Å². The molecule has 0 heterocycles. The van der Waals surface area contributed by atoms with Gasteiger partial charge >= 0.3 is 12.0 Å². The summed E-state index contributed by atoms with van der Waals surface area (Å²) in [6.07, 6.45) is 2.32. The zero-order valence-corrected chi connectivity index (χ0v) is 11.3. The quantitative estimate of drug-likeness (QED) is 0.679. The number of hydrogen-bond acceptors (Lipinski definition) is 3. The Morgan fingerprint density at radius 3 is 2.53 bits per heavy atom. The molecule has 0 aliphatic heterocycles. The maximum absolute atomic E-state index is 11.7. The normalized spacial score (nSPS) is 11.7. The Bertz CT molecular complexity index is 294. The van der Waals surface area contributed by atoms with Gasteiger partial charge in [0.2, 0.25) is 0 Å². The Hall–Kier alpha value is -1.17. The Morgan fingerprint density at radius 2 is 2.12 bits per heavy atom. The summed E-state index contributed by atoms with van der Waals surface area (Å²) < 4.78 is 0. The van der Waals surface area contributed by atoms with Crippen LogP contribution in [0.3, 0.4) is 0 Å². The van der Waals surface area contributed by atoms with Crippen LogP contribution in [0.1, 0.15) is 13.3 Å². The van der Waals surface area contributed by atoms with E-state index in [2.05, 4.69) is 11.9 Å². The van der Waals surface area contributed by atoms with Crippen LogP contribution in [0, 0.1) is 0 Å². The summed E-state index contributed by atoms with van der Waals surface area (Å²) in [6.45, 7) is 5.93. The summed E-state index contributed by atoms with van der Waals surface area (Å²) in [7, 11) is 1.61. The van der Waals surface area contributed by atoms with E-state index in [4.69, 9.17) is 5.11 Å². The Kier molecular flexibility index (Phi) is 7.45. The Labute approximate surface area is 106 Å². The maximum Gasteiger partial charge on any atom is 0.326 e. The Balaban J connectivity index is 4.29. The highest BCUT2D eigenvalue weighted by Gasteiger charge is 2.20. The van der Waals surface area contributed by atoms with Gasteiger partial charge in [-0.2, -0.15) is 11.8 Å². The molecular weight excluding hydrogens is 240 g/mol. The molecule has 0 radical (unpaired) electrons. The number of nitrogens with zero attached hydrogens (tertiary/aromatic N) is 1. The molecule has 0 saturated carbocycles. The number of amides is 2. The molecule has 17 heavy (non-hydrogen) atoms. The number of carbonyl (C=O) groups excluding carboxylic acids is 1. The minimum atomic E-state index is -1.00. The van der Waals surface area contributed by atoms with Crippen molar-refractivity contribution < 1.29 is 14.7 Å². The molecule has 0 aliphatic carbocycles. The number of nitrogens with one attached hydrogen (secondary N) is 1. The zero-order chi connectivity index (χ0) is 13.4. The number of rotatable bonds is 7. The highest BCUT2D eigenvalue weighted by atomic mass is 32.2. The van der Waals surface area contributed by atoms with Gasteiger partial charge in [0.1, 0.15) is 6.04 Å². The van der Waals surface area contributed by atoms with Gasteiger partial charge in [-0.25, -0.2) is 9.59 Å². The molecular formula is C11H20N2O3S. The van der Waals surface area contributed by atoms with Crippen molar-refractivity contribution in [3.05, 3.63) is 12.2 Å². The first-order valence-electron chi connectivity index (χ1n) is 5.26. The summed E-state index contributed by atoms with van der Waals surface area (Å²) in [5.41, 5.74) is 0.846. The van der Waals surface area contributed by atoms with E-state index in [0.717, 1.165) is 5.57 Å². The van der Waals surface area contributed by atoms with Gasteiger partial charge in [0.15, 0.2) is 0 Å². The van der Waals surface area contributed by atoms with E-state index in [9.17, 15) is 9.59 Å². The second-order valence-electron chi connectivity index (χ2n) is 3.93. The van der Waals surface area contributed by atoms with Crippen molar-refractivity contribution in [3.63, 3.8) is 0 Å². The summed E-state index contributed by atoms with van der Waals surface area (Å²) in [6, 6.07) is -1.22. The van der Waals surface area contributed by atoms with Gasteiger partial charge in [-0.15, -0.1) is 0 Å². The first-order valence-corrected chi connectivity index (χ1v) is 6.65. The minimum absolute atomic E-state index is 0.387. The van der Waals surface area contributed by atoms with Gasteiger partial charge in [-0.05, 0) is 25.4 Å². The lowest BCUT2D eigenvalue weighted by molar-refractivity contribution is -0.139. The number of carbonyl (C=O) groups is 2. The first-order chi connectivity index (χ1) is 7.88. The third-order valence-corrected chi connectivity index (χ3v) is 2.70. The number of aliphatic carboxylic acids is 1. The van der Waals surface area contributed by atoms with Crippen LogP contribution < -0.4 is 5.32 Å². The van der Waals surface area contributed by atoms with Gasteiger partial charge in [-0.1, -0.05) is 12.2 Å². The molecule has 0 aromatic carbocycles. The molecule has 2 amide bonds. The fourth-order valence-electron chi connectivity index (χ4n) is 1.23. The number of urea groups is 1. The molecule has 0 spiro atoms. The van der Waals surface area contributed by atoms with E-state index < -0.39 is 12.0 Å². The van der Waals surface area contributed by atoms with Crippen molar-refractivity contribution in [2.45, 2.75) is 19.4 Å². The fraction of sp³-hybridized carbons (Fsp3) is 0.636. The first kappa shape index (κ1) is 15.8. The van der Waals surface area contributed by atoms with Crippen molar-refractivity contribution in [1.82, 2.24) is 10.2 Å². The molecule has 6 heteroatoms. The summed E-state index contributed by atoms with van der Waals surface area (Å²) in [5, 5.41) is 11.4. The number of carboxylic acid groups (broad SMARTS) is 1. The van der Waals surface area contributed by atoms with Crippen LogP contribution in [-0.4, -0.2) is 53.6 Å². The van der Waals surface area contributed by atoms with Gasteiger partial charge < -0.3 is 15.3 Å². The summed E-state index contributed by atoms with van der Waals surface area (Å²) in [4.78, 5) is 24.0. The highest BCUT2D eigenvalue weighted by Crippen LogP contribution is 2.02. The average molecular weight is 260 g/mol. The molecule has 98 valence electrons. The largest absolute Gasteiger partial charge is 0.480 e. The molecule has 5 nitrogen and oxygen atoms in total. The summed E-state index contributed by atoms with van der Waals surface area (Å²) in [5.74, 6) is -0.308. The van der Waals surface area contributed by atoms with Crippen LogP contribution >= 0.6 is 11.8 Å². The van der Waals surface area contributed by atoms with E-state index in [1.165, 1.54) is 4.90 Å².